The Bertz CT molecular complexity index is 357. The molecule has 0 aliphatic carbocycles. The fraction of sp³-hybridized carbons (Fsp3) is 0.500. The summed E-state index contributed by atoms with van der Waals surface area (Å²) < 4.78 is 4.98. The van der Waals surface area contributed by atoms with E-state index < -0.39 is 5.97 Å². The summed E-state index contributed by atoms with van der Waals surface area (Å²) in [7, 11) is 1.63. The van der Waals surface area contributed by atoms with E-state index in [1.54, 1.807) is 7.11 Å². The molecule has 6 nitrogen and oxygen atoms in total. The summed E-state index contributed by atoms with van der Waals surface area (Å²) in [5.74, 6) is -0.455. The van der Waals surface area contributed by atoms with Crippen LogP contribution in [-0.4, -0.2) is 41.5 Å². The summed E-state index contributed by atoms with van der Waals surface area (Å²) in [6.45, 7) is 3.19. The Hall–Kier alpha value is -1.69. The molecule has 88 valence electrons. The molecule has 1 rings (SSSR count). The zero-order valence-electron chi connectivity index (χ0n) is 9.30. The van der Waals surface area contributed by atoms with Crippen LogP contribution in [0.15, 0.2) is 12.3 Å². The predicted octanol–water partition coefficient (Wildman–Crippen LogP) is 0.869. The van der Waals surface area contributed by atoms with Gasteiger partial charge in [0.2, 0.25) is 0 Å². The molecule has 0 fully saturated rings. The van der Waals surface area contributed by atoms with Crippen LogP contribution in [0.25, 0.3) is 0 Å². The SMILES string of the molecule is COCC(C)CNc1nnccc1C(=O)O. The summed E-state index contributed by atoms with van der Waals surface area (Å²) >= 11 is 0. The highest BCUT2D eigenvalue weighted by atomic mass is 16.5. The lowest BCUT2D eigenvalue weighted by Gasteiger charge is -2.12. The molecule has 1 aromatic rings. The summed E-state index contributed by atoms with van der Waals surface area (Å²) in [6, 6.07) is 1.42. The lowest BCUT2D eigenvalue weighted by atomic mass is 10.2. The van der Waals surface area contributed by atoms with Gasteiger partial charge in [0.25, 0.3) is 0 Å². The third-order valence-corrected chi connectivity index (χ3v) is 2.02. The highest BCUT2D eigenvalue weighted by Gasteiger charge is 2.11. The topological polar surface area (TPSA) is 84.3 Å². The van der Waals surface area contributed by atoms with Crippen LogP contribution < -0.4 is 5.32 Å². The third-order valence-electron chi connectivity index (χ3n) is 2.02. The Morgan fingerprint density at radius 2 is 2.44 bits per heavy atom. The molecule has 1 atom stereocenters. The van der Waals surface area contributed by atoms with Crippen LogP contribution in [0.2, 0.25) is 0 Å². The van der Waals surface area contributed by atoms with Crippen molar-refractivity contribution in [2.24, 2.45) is 5.92 Å². The maximum absolute atomic E-state index is 10.9. The van der Waals surface area contributed by atoms with E-state index in [1.807, 2.05) is 6.92 Å². The Balaban J connectivity index is 2.63. The number of rotatable bonds is 6. The Morgan fingerprint density at radius 3 is 3.06 bits per heavy atom. The summed E-state index contributed by atoms with van der Waals surface area (Å²) in [4.78, 5) is 10.9. The zero-order chi connectivity index (χ0) is 12.0. The second-order valence-electron chi connectivity index (χ2n) is 3.54. The quantitative estimate of drug-likeness (QED) is 0.747. The lowest BCUT2D eigenvalue weighted by Crippen LogP contribution is -2.18. The van der Waals surface area contributed by atoms with Crippen LogP contribution in [0, 0.1) is 5.92 Å². The molecule has 0 aliphatic rings. The average Bonchev–Trinajstić information content (AvgIpc) is 2.27. The van der Waals surface area contributed by atoms with Crippen LogP contribution in [0.4, 0.5) is 5.82 Å². The van der Waals surface area contributed by atoms with E-state index in [0.29, 0.717) is 13.2 Å². The van der Waals surface area contributed by atoms with Gasteiger partial charge in [0, 0.05) is 13.7 Å². The number of aromatic nitrogens is 2. The number of carbonyl (C=O) groups is 1. The fourth-order valence-electron chi connectivity index (χ4n) is 1.25. The lowest BCUT2D eigenvalue weighted by molar-refractivity contribution is 0.0697. The molecule has 16 heavy (non-hydrogen) atoms. The van der Waals surface area contributed by atoms with Gasteiger partial charge in [0.1, 0.15) is 5.56 Å². The largest absolute Gasteiger partial charge is 0.478 e. The van der Waals surface area contributed by atoms with Crippen molar-refractivity contribution < 1.29 is 14.6 Å². The number of nitrogens with one attached hydrogen (secondary N) is 1. The number of hydrogen-bond donors (Lipinski definition) is 2. The first-order valence-corrected chi connectivity index (χ1v) is 4.93. The molecule has 0 saturated heterocycles. The van der Waals surface area contributed by atoms with E-state index in [9.17, 15) is 4.79 Å². The maximum Gasteiger partial charge on any atom is 0.339 e. The molecule has 0 amide bonds. The summed E-state index contributed by atoms with van der Waals surface area (Å²) in [5.41, 5.74) is 0.125. The van der Waals surface area contributed by atoms with Gasteiger partial charge in [-0.05, 0) is 12.0 Å². The Kier molecular flexibility index (Phi) is 4.65. The fourth-order valence-corrected chi connectivity index (χ4v) is 1.25. The second-order valence-corrected chi connectivity index (χ2v) is 3.54. The maximum atomic E-state index is 10.9. The molecule has 6 heteroatoms. The van der Waals surface area contributed by atoms with Gasteiger partial charge in [-0.25, -0.2) is 4.79 Å². The number of methoxy groups -OCH3 is 1. The molecule has 1 aromatic heterocycles. The number of carboxylic acids is 1. The van der Waals surface area contributed by atoms with Crippen LogP contribution in [0.1, 0.15) is 17.3 Å². The van der Waals surface area contributed by atoms with E-state index in [2.05, 4.69) is 15.5 Å². The van der Waals surface area contributed by atoms with Gasteiger partial charge in [0.05, 0.1) is 12.8 Å². The van der Waals surface area contributed by atoms with Crippen LogP contribution in [0.3, 0.4) is 0 Å². The van der Waals surface area contributed by atoms with Crippen molar-refractivity contribution >= 4 is 11.8 Å². The number of ether oxygens (including phenoxy) is 1. The molecule has 1 unspecified atom stereocenters. The van der Waals surface area contributed by atoms with E-state index >= 15 is 0 Å². The van der Waals surface area contributed by atoms with Crippen LogP contribution in [-0.2, 0) is 4.74 Å². The highest BCUT2D eigenvalue weighted by Crippen LogP contribution is 2.10. The minimum atomic E-state index is -1.02. The number of anilines is 1. The zero-order valence-corrected chi connectivity index (χ0v) is 9.30. The van der Waals surface area contributed by atoms with Gasteiger partial charge in [-0.2, -0.15) is 5.10 Å². The van der Waals surface area contributed by atoms with Crippen molar-refractivity contribution in [2.45, 2.75) is 6.92 Å². The van der Waals surface area contributed by atoms with Crippen LogP contribution >= 0.6 is 0 Å². The minimum absolute atomic E-state index is 0.125. The molecule has 0 spiro atoms. The first-order chi connectivity index (χ1) is 7.65. The normalized spacial score (nSPS) is 12.1. The molecule has 1 heterocycles. The number of aromatic carboxylic acids is 1. The molecule has 0 aromatic carbocycles. The smallest absolute Gasteiger partial charge is 0.339 e. The number of nitrogens with zero attached hydrogens (tertiary/aromatic N) is 2. The number of carboxylic acid groups (broad SMARTS) is 1. The van der Waals surface area contributed by atoms with Crippen molar-refractivity contribution in [3.05, 3.63) is 17.8 Å². The average molecular weight is 225 g/mol. The number of hydrogen-bond acceptors (Lipinski definition) is 5. The van der Waals surface area contributed by atoms with Gasteiger partial charge < -0.3 is 15.2 Å². The molecule has 0 saturated carbocycles. The second kappa shape index (κ2) is 6.02. The van der Waals surface area contributed by atoms with Gasteiger partial charge in [0.15, 0.2) is 5.82 Å². The van der Waals surface area contributed by atoms with E-state index in [4.69, 9.17) is 9.84 Å². The van der Waals surface area contributed by atoms with Gasteiger partial charge in [-0.3, -0.25) is 0 Å². The van der Waals surface area contributed by atoms with Crippen molar-refractivity contribution in [2.75, 3.05) is 25.6 Å². The van der Waals surface area contributed by atoms with Crippen molar-refractivity contribution in [1.29, 1.82) is 0 Å². The monoisotopic (exact) mass is 225 g/mol. The van der Waals surface area contributed by atoms with Gasteiger partial charge in [-0.1, -0.05) is 6.92 Å². The standard InChI is InChI=1S/C10H15N3O3/c1-7(6-16-2)5-11-9-8(10(14)15)3-4-12-13-9/h3-4,7H,5-6H2,1-2H3,(H,11,13)(H,14,15). The molecule has 0 radical (unpaired) electrons. The molecular formula is C10H15N3O3. The first kappa shape index (κ1) is 12.4. The Labute approximate surface area is 93.6 Å². The van der Waals surface area contributed by atoms with Gasteiger partial charge >= 0.3 is 5.97 Å². The summed E-state index contributed by atoms with van der Waals surface area (Å²) in [6.07, 6.45) is 1.35. The molecule has 0 aliphatic heterocycles. The van der Waals surface area contributed by atoms with Crippen LogP contribution in [0.5, 0.6) is 0 Å². The highest BCUT2D eigenvalue weighted by molar-refractivity contribution is 5.92. The van der Waals surface area contributed by atoms with E-state index in [-0.39, 0.29) is 17.3 Å². The Morgan fingerprint density at radius 1 is 1.69 bits per heavy atom. The molecular weight excluding hydrogens is 210 g/mol. The van der Waals surface area contributed by atoms with E-state index in [1.165, 1.54) is 12.3 Å². The summed E-state index contributed by atoms with van der Waals surface area (Å²) in [5, 5.41) is 19.2. The van der Waals surface area contributed by atoms with Crippen molar-refractivity contribution in [1.82, 2.24) is 10.2 Å². The third kappa shape index (κ3) is 3.47. The van der Waals surface area contributed by atoms with Gasteiger partial charge in [-0.15, -0.1) is 5.10 Å². The minimum Gasteiger partial charge on any atom is -0.478 e. The first-order valence-electron chi connectivity index (χ1n) is 4.93. The molecule has 0 bridgehead atoms. The van der Waals surface area contributed by atoms with Crippen molar-refractivity contribution in [3.8, 4) is 0 Å². The predicted molar refractivity (Wildman–Crippen MR) is 58.5 cm³/mol. The van der Waals surface area contributed by atoms with Crippen molar-refractivity contribution in [3.63, 3.8) is 0 Å². The molecule has 2 N–H and O–H groups in total. The van der Waals surface area contributed by atoms with E-state index in [0.717, 1.165) is 0 Å².